The second-order valence-corrected chi connectivity index (χ2v) is 15.9. The molecule has 4 aromatic heterocycles. The average molecular weight is 799 g/mol. The van der Waals surface area contributed by atoms with Crippen LogP contribution in [0.1, 0.15) is 96.6 Å². The van der Waals surface area contributed by atoms with Crippen molar-refractivity contribution in [2.45, 2.75) is 65.2 Å². The van der Waals surface area contributed by atoms with E-state index in [1.807, 2.05) is 18.2 Å². The van der Waals surface area contributed by atoms with Crippen molar-refractivity contribution in [1.82, 2.24) is 24.9 Å². The number of carbonyl (C=O) groups excluding carboxylic acids is 1. The third-order valence-corrected chi connectivity index (χ3v) is 11.5. The summed E-state index contributed by atoms with van der Waals surface area (Å²) in [6, 6.07) is 39.9. The van der Waals surface area contributed by atoms with Gasteiger partial charge < -0.3 is 15.3 Å². The Balaban J connectivity index is 1.28. The maximum absolute atomic E-state index is 13.2. The summed E-state index contributed by atoms with van der Waals surface area (Å²) in [5.74, 6) is -0.198. The fourth-order valence-corrected chi connectivity index (χ4v) is 8.43. The number of pyridine rings is 1. The average Bonchev–Trinajstić information content (AvgIpc) is 4.13. The molecule has 7 heteroatoms. The minimum Gasteiger partial charge on any atom is -0.355 e. The molecule has 0 saturated heterocycles. The van der Waals surface area contributed by atoms with Gasteiger partial charge in [0.2, 0.25) is 0 Å². The number of hydrogen-bond acceptors (Lipinski definition) is 4. The van der Waals surface area contributed by atoms with Crippen molar-refractivity contribution in [2.75, 3.05) is 5.32 Å². The Hall–Kier alpha value is -7.12. The van der Waals surface area contributed by atoms with Gasteiger partial charge in [0.25, 0.3) is 5.91 Å². The van der Waals surface area contributed by atoms with E-state index in [2.05, 4.69) is 143 Å². The smallest absolute Gasteiger partial charge is 0.255 e. The molecule has 302 valence electrons. The van der Waals surface area contributed by atoms with Gasteiger partial charge >= 0.3 is 0 Å². The van der Waals surface area contributed by atoms with Crippen LogP contribution in [0.5, 0.6) is 0 Å². The molecule has 2 aliphatic heterocycles. The first-order valence-electron chi connectivity index (χ1n) is 21.7. The molecule has 3 N–H and O–H groups in total. The zero-order chi connectivity index (χ0) is 41.5. The maximum atomic E-state index is 13.2. The summed E-state index contributed by atoms with van der Waals surface area (Å²) in [7, 11) is 0. The van der Waals surface area contributed by atoms with E-state index in [0.717, 1.165) is 97.5 Å². The van der Waals surface area contributed by atoms with Gasteiger partial charge in [0.15, 0.2) is 0 Å². The molecule has 0 saturated carbocycles. The summed E-state index contributed by atoms with van der Waals surface area (Å²) >= 11 is 0. The molecule has 0 spiro atoms. The van der Waals surface area contributed by atoms with Crippen molar-refractivity contribution in [3.63, 3.8) is 0 Å². The highest BCUT2D eigenvalue weighted by molar-refractivity contribution is 6.05. The number of carbonyl (C=O) groups is 1. The standard InChI is InChI=1S/C54H50N6O/c1-3-5-7-12-36-14-9-16-39(32-36)51-45-22-20-43(56-45)35-44-21-23-46(57-44)53(41-18-11-19-42(34-41)58-54(61)38-28-30-55-31-29-38)50-27-26-49(60-50)52(48-25-24-47(51)59-48)40-17-10-15-37(33-40)13-8-6-4-2/h9-11,14-35,56,60H,3-8,12-13H2,1-2H3,(H,58,61). The van der Waals surface area contributed by atoms with Gasteiger partial charge in [0.1, 0.15) is 0 Å². The molecule has 8 bridgehead atoms. The number of hydrogen-bond donors (Lipinski definition) is 3. The van der Waals surface area contributed by atoms with Crippen molar-refractivity contribution >= 4 is 58.0 Å². The minimum atomic E-state index is -0.198. The van der Waals surface area contributed by atoms with Crippen LogP contribution >= 0.6 is 0 Å². The monoisotopic (exact) mass is 798 g/mol. The number of rotatable bonds is 13. The number of nitrogens with zero attached hydrogens (tertiary/aromatic N) is 3. The van der Waals surface area contributed by atoms with Crippen LogP contribution in [0.2, 0.25) is 0 Å². The van der Waals surface area contributed by atoms with Crippen LogP contribution in [0.25, 0.3) is 79.8 Å². The van der Waals surface area contributed by atoms with E-state index < -0.39 is 0 Å². The van der Waals surface area contributed by atoms with Crippen LogP contribution in [0.3, 0.4) is 0 Å². The van der Waals surface area contributed by atoms with Crippen molar-refractivity contribution in [3.8, 4) is 33.4 Å². The number of nitrogens with one attached hydrogen (secondary N) is 3. The molecule has 0 fully saturated rings. The molecule has 7 aromatic rings. The normalized spacial score (nSPS) is 11.9. The lowest BCUT2D eigenvalue weighted by Crippen LogP contribution is -2.11. The molecular formula is C54H50N6O. The summed E-state index contributed by atoms with van der Waals surface area (Å²) in [5, 5.41) is 3.08. The molecule has 6 heterocycles. The van der Waals surface area contributed by atoms with Crippen LogP contribution < -0.4 is 5.32 Å². The van der Waals surface area contributed by atoms with Gasteiger partial charge in [-0.05, 0) is 132 Å². The number of unbranched alkanes of at least 4 members (excludes halogenated alkanes) is 4. The van der Waals surface area contributed by atoms with Gasteiger partial charge in [0.05, 0.1) is 22.8 Å². The van der Waals surface area contributed by atoms with E-state index in [1.54, 1.807) is 24.5 Å². The number of aromatic nitrogens is 5. The van der Waals surface area contributed by atoms with Crippen LogP contribution in [0, 0.1) is 0 Å². The first kappa shape index (κ1) is 39.3. The summed E-state index contributed by atoms with van der Waals surface area (Å²) in [5.41, 5.74) is 17.3. The van der Waals surface area contributed by atoms with Gasteiger partial charge in [-0.15, -0.1) is 0 Å². The number of anilines is 1. The SMILES string of the molecule is CCCCCc1cccc(-c2c3nc(c(-c4cccc(CCCCC)c4)c4ccc([nH]4)c(-c4cccc(NC(=O)c5ccncc5)c4)c4nc(cc5ccc2[nH]5)C=C4)C=C3)c1. The largest absolute Gasteiger partial charge is 0.355 e. The lowest BCUT2D eigenvalue weighted by Gasteiger charge is -2.09. The number of benzene rings is 3. The zero-order valence-corrected chi connectivity index (χ0v) is 34.8. The molecule has 61 heavy (non-hydrogen) atoms. The maximum Gasteiger partial charge on any atom is 0.255 e. The summed E-state index contributed by atoms with van der Waals surface area (Å²) < 4.78 is 0. The van der Waals surface area contributed by atoms with E-state index in [1.165, 1.54) is 43.2 Å². The number of aromatic amines is 2. The Morgan fingerprint density at radius 3 is 1.70 bits per heavy atom. The quantitative estimate of drug-likeness (QED) is 0.101. The van der Waals surface area contributed by atoms with Gasteiger partial charge in [-0.1, -0.05) is 100 Å². The number of aryl methyl sites for hydroxylation is 2. The summed E-state index contributed by atoms with van der Waals surface area (Å²) in [6.07, 6.45) is 20.9. The summed E-state index contributed by atoms with van der Waals surface area (Å²) in [6.45, 7) is 4.50. The molecule has 9 rings (SSSR count). The molecule has 3 aromatic carbocycles. The van der Waals surface area contributed by atoms with Gasteiger partial charge in [-0.25, -0.2) is 9.97 Å². The number of amides is 1. The topological polar surface area (TPSA) is 99.3 Å². The molecule has 0 radical (unpaired) electrons. The zero-order valence-electron chi connectivity index (χ0n) is 34.8. The van der Waals surface area contributed by atoms with E-state index in [9.17, 15) is 4.79 Å². The van der Waals surface area contributed by atoms with Crippen LogP contribution in [0.15, 0.2) is 128 Å². The van der Waals surface area contributed by atoms with E-state index in [0.29, 0.717) is 11.3 Å². The van der Waals surface area contributed by atoms with Gasteiger partial charge in [-0.3, -0.25) is 9.78 Å². The second kappa shape index (κ2) is 18.0. The highest BCUT2D eigenvalue weighted by Gasteiger charge is 2.18. The third kappa shape index (κ3) is 8.78. The first-order chi connectivity index (χ1) is 30.0. The number of fused-ring (bicyclic) bond motifs is 8. The van der Waals surface area contributed by atoms with Crippen molar-refractivity contribution in [2.24, 2.45) is 0 Å². The molecule has 7 nitrogen and oxygen atoms in total. The van der Waals surface area contributed by atoms with Gasteiger partial charge in [0, 0.05) is 62.4 Å². The Morgan fingerprint density at radius 1 is 0.541 bits per heavy atom. The van der Waals surface area contributed by atoms with Gasteiger partial charge in [-0.2, -0.15) is 0 Å². The predicted molar refractivity (Wildman–Crippen MR) is 254 cm³/mol. The Morgan fingerprint density at radius 2 is 1.08 bits per heavy atom. The second-order valence-electron chi connectivity index (χ2n) is 15.9. The molecule has 1 amide bonds. The fraction of sp³-hybridized carbons (Fsp3) is 0.185. The highest BCUT2D eigenvalue weighted by Crippen LogP contribution is 2.37. The van der Waals surface area contributed by atoms with Crippen LogP contribution in [0.4, 0.5) is 5.69 Å². The van der Waals surface area contributed by atoms with E-state index >= 15 is 0 Å². The van der Waals surface area contributed by atoms with Crippen molar-refractivity contribution in [3.05, 3.63) is 167 Å². The Labute approximate surface area is 357 Å². The molecule has 0 atom stereocenters. The minimum absolute atomic E-state index is 0.198. The van der Waals surface area contributed by atoms with Crippen LogP contribution in [-0.2, 0) is 12.8 Å². The predicted octanol–water partition coefficient (Wildman–Crippen LogP) is 13.8. The van der Waals surface area contributed by atoms with Crippen LogP contribution in [-0.4, -0.2) is 30.8 Å². The molecule has 0 unspecified atom stereocenters. The lowest BCUT2D eigenvalue weighted by molar-refractivity contribution is 0.102. The van der Waals surface area contributed by atoms with E-state index in [4.69, 9.17) is 9.97 Å². The Kier molecular flexibility index (Phi) is 11.6. The fourth-order valence-electron chi connectivity index (χ4n) is 8.43. The highest BCUT2D eigenvalue weighted by atomic mass is 16.1. The molecular weight excluding hydrogens is 749 g/mol. The first-order valence-corrected chi connectivity index (χ1v) is 21.7. The van der Waals surface area contributed by atoms with Crippen molar-refractivity contribution in [1.29, 1.82) is 0 Å². The molecule has 0 aliphatic carbocycles. The van der Waals surface area contributed by atoms with E-state index in [-0.39, 0.29) is 5.91 Å². The lowest BCUT2D eigenvalue weighted by atomic mass is 9.99. The Bertz CT molecular complexity index is 2950. The molecule has 2 aliphatic rings. The van der Waals surface area contributed by atoms with Crippen molar-refractivity contribution < 1.29 is 4.79 Å². The number of H-pyrrole nitrogens is 2. The third-order valence-electron chi connectivity index (χ3n) is 11.5. The summed E-state index contributed by atoms with van der Waals surface area (Å²) in [4.78, 5) is 35.6.